The van der Waals surface area contributed by atoms with Crippen LogP contribution in [0.1, 0.15) is 33.6 Å². The van der Waals surface area contributed by atoms with Gasteiger partial charge < -0.3 is 5.32 Å². The molecule has 1 fully saturated rings. The van der Waals surface area contributed by atoms with Gasteiger partial charge in [-0.15, -0.1) is 0 Å². The average molecular weight is 234 g/mol. The molecule has 90 valence electrons. The fourth-order valence-corrected chi connectivity index (χ4v) is 2.77. The van der Waals surface area contributed by atoms with E-state index in [1.807, 2.05) is 13.8 Å². The highest BCUT2D eigenvalue weighted by molar-refractivity contribution is 7.89. The lowest BCUT2D eigenvalue weighted by atomic mass is 10.4. The summed E-state index contributed by atoms with van der Waals surface area (Å²) in [4.78, 5) is 0. The molecule has 0 radical (unpaired) electrons. The lowest BCUT2D eigenvalue weighted by Crippen LogP contribution is -2.43. The third kappa shape index (κ3) is 3.43. The SMILES string of the molecule is CC(C)N(C)S(=O)(=O)C(C)CNC1CC1. The molecule has 1 rings (SSSR count). The topological polar surface area (TPSA) is 49.4 Å². The Labute approximate surface area is 93.1 Å². The van der Waals surface area contributed by atoms with Crippen molar-refractivity contribution in [2.45, 2.75) is 50.9 Å². The molecule has 0 aliphatic heterocycles. The van der Waals surface area contributed by atoms with Crippen LogP contribution in [0.2, 0.25) is 0 Å². The van der Waals surface area contributed by atoms with Crippen molar-refractivity contribution in [1.82, 2.24) is 9.62 Å². The third-order valence-electron chi connectivity index (χ3n) is 2.91. The molecule has 0 heterocycles. The van der Waals surface area contributed by atoms with Crippen molar-refractivity contribution >= 4 is 10.0 Å². The van der Waals surface area contributed by atoms with Crippen LogP contribution in [0.25, 0.3) is 0 Å². The van der Waals surface area contributed by atoms with Crippen LogP contribution in [-0.2, 0) is 10.0 Å². The molecule has 5 heteroatoms. The van der Waals surface area contributed by atoms with Gasteiger partial charge in [0.1, 0.15) is 0 Å². The molecule has 1 atom stereocenters. The Balaban J connectivity index is 2.50. The van der Waals surface area contributed by atoms with Crippen LogP contribution in [0, 0.1) is 0 Å². The second-order valence-electron chi connectivity index (χ2n) is 4.65. The first-order chi connectivity index (χ1) is 6.85. The molecule has 15 heavy (non-hydrogen) atoms. The Bertz CT molecular complexity index is 297. The number of hydrogen-bond acceptors (Lipinski definition) is 3. The smallest absolute Gasteiger partial charge is 0.217 e. The molecule has 1 aliphatic rings. The van der Waals surface area contributed by atoms with Gasteiger partial charge in [-0.1, -0.05) is 0 Å². The number of nitrogens with zero attached hydrogens (tertiary/aromatic N) is 1. The van der Waals surface area contributed by atoms with E-state index in [9.17, 15) is 8.42 Å². The van der Waals surface area contributed by atoms with Crippen LogP contribution in [-0.4, -0.2) is 43.6 Å². The van der Waals surface area contributed by atoms with Gasteiger partial charge in [0.05, 0.1) is 5.25 Å². The molecule has 1 unspecified atom stereocenters. The Morgan fingerprint density at radius 3 is 2.27 bits per heavy atom. The van der Waals surface area contributed by atoms with E-state index in [1.54, 1.807) is 14.0 Å². The summed E-state index contributed by atoms with van der Waals surface area (Å²) in [6.45, 7) is 6.10. The fraction of sp³-hybridized carbons (Fsp3) is 1.00. The second-order valence-corrected chi connectivity index (χ2v) is 7.06. The lowest BCUT2D eigenvalue weighted by molar-refractivity contribution is 0.402. The zero-order valence-electron chi connectivity index (χ0n) is 10.0. The summed E-state index contributed by atoms with van der Waals surface area (Å²) in [6.07, 6.45) is 2.37. The van der Waals surface area contributed by atoms with Crippen LogP contribution in [0.4, 0.5) is 0 Å². The van der Waals surface area contributed by atoms with E-state index < -0.39 is 10.0 Å². The zero-order chi connectivity index (χ0) is 11.6. The summed E-state index contributed by atoms with van der Waals surface area (Å²) in [7, 11) is -1.49. The average Bonchev–Trinajstić information content (AvgIpc) is 2.95. The molecule has 0 saturated heterocycles. The molecular weight excluding hydrogens is 212 g/mol. The van der Waals surface area contributed by atoms with E-state index in [-0.39, 0.29) is 11.3 Å². The number of hydrogen-bond donors (Lipinski definition) is 1. The van der Waals surface area contributed by atoms with E-state index in [0.717, 1.165) is 0 Å². The van der Waals surface area contributed by atoms with Gasteiger partial charge in [0.15, 0.2) is 0 Å². The molecule has 1 N–H and O–H groups in total. The maximum absolute atomic E-state index is 12.0. The monoisotopic (exact) mass is 234 g/mol. The molecule has 0 aromatic carbocycles. The highest BCUT2D eigenvalue weighted by Gasteiger charge is 2.29. The Morgan fingerprint density at radius 1 is 1.33 bits per heavy atom. The fourth-order valence-electron chi connectivity index (χ4n) is 1.30. The highest BCUT2D eigenvalue weighted by atomic mass is 32.2. The number of rotatable bonds is 6. The molecule has 4 nitrogen and oxygen atoms in total. The van der Waals surface area contributed by atoms with Crippen LogP contribution < -0.4 is 5.32 Å². The van der Waals surface area contributed by atoms with Gasteiger partial charge in [-0.2, -0.15) is 0 Å². The maximum Gasteiger partial charge on any atom is 0.217 e. The summed E-state index contributed by atoms with van der Waals surface area (Å²) in [5.41, 5.74) is 0. The standard InChI is InChI=1S/C10H22N2O2S/c1-8(2)12(4)15(13,14)9(3)7-11-10-5-6-10/h8-11H,5-7H2,1-4H3. The molecule has 0 amide bonds. The summed E-state index contributed by atoms with van der Waals surface area (Å²) in [5.74, 6) is 0. The van der Waals surface area contributed by atoms with Crippen LogP contribution in [0.3, 0.4) is 0 Å². The Hall–Kier alpha value is -0.130. The predicted molar refractivity (Wildman–Crippen MR) is 62.3 cm³/mol. The van der Waals surface area contributed by atoms with Crippen LogP contribution in [0.15, 0.2) is 0 Å². The highest BCUT2D eigenvalue weighted by Crippen LogP contribution is 2.19. The van der Waals surface area contributed by atoms with Gasteiger partial charge in [0.25, 0.3) is 0 Å². The van der Waals surface area contributed by atoms with Gasteiger partial charge in [0, 0.05) is 25.7 Å². The number of sulfonamides is 1. The van der Waals surface area contributed by atoms with E-state index in [1.165, 1.54) is 17.1 Å². The van der Waals surface area contributed by atoms with Gasteiger partial charge in [-0.05, 0) is 33.6 Å². The summed E-state index contributed by atoms with van der Waals surface area (Å²) in [5, 5.41) is 2.91. The van der Waals surface area contributed by atoms with Crippen LogP contribution >= 0.6 is 0 Å². The van der Waals surface area contributed by atoms with Crippen molar-refractivity contribution in [2.24, 2.45) is 0 Å². The minimum Gasteiger partial charge on any atom is -0.313 e. The minimum atomic E-state index is -3.14. The van der Waals surface area contributed by atoms with Crippen molar-refractivity contribution in [3.8, 4) is 0 Å². The van der Waals surface area contributed by atoms with Crippen molar-refractivity contribution in [1.29, 1.82) is 0 Å². The van der Waals surface area contributed by atoms with E-state index in [2.05, 4.69) is 5.32 Å². The Kier molecular flexibility index (Phi) is 4.14. The second kappa shape index (κ2) is 4.80. The molecule has 0 aromatic heterocycles. The van der Waals surface area contributed by atoms with E-state index in [4.69, 9.17) is 0 Å². The summed E-state index contributed by atoms with van der Waals surface area (Å²) in [6, 6.07) is 0.588. The maximum atomic E-state index is 12.0. The Morgan fingerprint density at radius 2 is 1.87 bits per heavy atom. The minimum absolute atomic E-state index is 0.0263. The molecular formula is C10H22N2O2S. The summed E-state index contributed by atoms with van der Waals surface area (Å²) >= 11 is 0. The number of nitrogens with one attached hydrogen (secondary N) is 1. The largest absolute Gasteiger partial charge is 0.313 e. The van der Waals surface area contributed by atoms with Crippen molar-refractivity contribution in [3.05, 3.63) is 0 Å². The first-order valence-electron chi connectivity index (χ1n) is 5.56. The predicted octanol–water partition coefficient (Wildman–Crippen LogP) is 0.797. The molecule has 1 aliphatic carbocycles. The van der Waals surface area contributed by atoms with Crippen LogP contribution in [0.5, 0.6) is 0 Å². The van der Waals surface area contributed by atoms with E-state index >= 15 is 0 Å². The lowest BCUT2D eigenvalue weighted by Gasteiger charge is -2.25. The van der Waals surface area contributed by atoms with Gasteiger partial charge >= 0.3 is 0 Å². The first kappa shape index (κ1) is 12.9. The quantitative estimate of drug-likeness (QED) is 0.739. The van der Waals surface area contributed by atoms with Crippen molar-refractivity contribution in [3.63, 3.8) is 0 Å². The molecule has 0 aromatic rings. The van der Waals surface area contributed by atoms with Gasteiger partial charge in [-0.3, -0.25) is 0 Å². The molecule has 0 bridgehead atoms. The third-order valence-corrected chi connectivity index (χ3v) is 5.32. The van der Waals surface area contributed by atoms with Gasteiger partial charge in [0.2, 0.25) is 10.0 Å². The first-order valence-corrected chi connectivity index (χ1v) is 7.06. The van der Waals surface area contributed by atoms with E-state index in [0.29, 0.717) is 12.6 Å². The normalized spacial score (nSPS) is 19.9. The molecule has 0 spiro atoms. The van der Waals surface area contributed by atoms with Crippen molar-refractivity contribution < 1.29 is 8.42 Å². The van der Waals surface area contributed by atoms with Crippen molar-refractivity contribution in [2.75, 3.05) is 13.6 Å². The molecule has 1 saturated carbocycles. The summed E-state index contributed by atoms with van der Waals surface area (Å²) < 4.78 is 25.4. The van der Waals surface area contributed by atoms with Gasteiger partial charge in [-0.25, -0.2) is 12.7 Å². The zero-order valence-corrected chi connectivity index (χ0v) is 10.8.